The zero-order valence-corrected chi connectivity index (χ0v) is 17.0. The van der Waals surface area contributed by atoms with Crippen molar-refractivity contribution in [2.45, 2.75) is 73.8 Å². The molecule has 136 valence electrons. The molecule has 0 aromatic heterocycles. The molecule has 0 saturated carbocycles. The van der Waals surface area contributed by atoms with Gasteiger partial charge in [-0.2, -0.15) is 0 Å². The molecule has 1 aliphatic heterocycles. The van der Waals surface area contributed by atoms with Crippen LogP contribution in [0.25, 0.3) is 0 Å². The first-order valence-corrected chi connectivity index (χ1v) is 8.89. The van der Waals surface area contributed by atoms with Crippen molar-refractivity contribution in [2.24, 2.45) is 10.8 Å². The summed E-state index contributed by atoms with van der Waals surface area (Å²) in [5.41, 5.74) is 1.07. The van der Waals surface area contributed by atoms with Crippen LogP contribution in [0.15, 0.2) is 35.9 Å². The maximum Gasteiger partial charge on any atom is 0.176 e. The van der Waals surface area contributed by atoms with Gasteiger partial charge in [0, 0.05) is 17.8 Å². The lowest BCUT2D eigenvalue weighted by atomic mass is 9.56. The van der Waals surface area contributed by atoms with E-state index in [0.717, 1.165) is 29.9 Å². The number of allylic oxidation sites excluding steroid dienone is 2. The largest absolute Gasteiger partial charge is 0.501 e. The Hall–Kier alpha value is -1.51. The van der Waals surface area contributed by atoms with Crippen LogP contribution in [0.3, 0.4) is 0 Å². The molecule has 2 atom stereocenters. The maximum absolute atomic E-state index is 12.4. The summed E-state index contributed by atoms with van der Waals surface area (Å²) in [4.78, 5) is 14.5. The summed E-state index contributed by atoms with van der Waals surface area (Å²) in [5, 5.41) is 0. The normalized spacial score (nSPS) is 28.4. The average Bonchev–Trinajstić information content (AvgIpc) is 2.71. The van der Waals surface area contributed by atoms with Gasteiger partial charge in [-0.25, -0.2) is 0 Å². The standard InChI is InChI=1S/C21H35NO2/c1-11-14-17(24-10)19(6,7)21(9)20(8,12-2)15(4)18(16(5)23)22(21)13-3/h13-14H,3,11-12H2,1-2,4-10H3/b17-14+/t20-,21-/m1/s1. The van der Waals surface area contributed by atoms with Crippen molar-refractivity contribution < 1.29 is 9.53 Å². The van der Waals surface area contributed by atoms with E-state index >= 15 is 0 Å². The van der Waals surface area contributed by atoms with Crippen molar-refractivity contribution in [3.8, 4) is 0 Å². The van der Waals surface area contributed by atoms with E-state index in [0.29, 0.717) is 0 Å². The molecule has 0 aromatic rings. The Morgan fingerprint density at radius 2 is 1.88 bits per heavy atom. The molecule has 0 N–H and O–H groups in total. The lowest BCUT2D eigenvalue weighted by Gasteiger charge is -2.56. The second-order valence-electron chi connectivity index (χ2n) is 7.65. The summed E-state index contributed by atoms with van der Waals surface area (Å²) in [6.45, 7) is 21.0. The first kappa shape index (κ1) is 20.5. The molecule has 1 rings (SSSR count). The summed E-state index contributed by atoms with van der Waals surface area (Å²) in [6, 6.07) is 0. The van der Waals surface area contributed by atoms with Crippen molar-refractivity contribution in [2.75, 3.05) is 7.11 Å². The van der Waals surface area contributed by atoms with Crippen LogP contribution in [0.2, 0.25) is 0 Å². The zero-order chi connectivity index (χ0) is 18.9. The van der Waals surface area contributed by atoms with Gasteiger partial charge < -0.3 is 9.64 Å². The minimum absolute atomic E-state index is 0.0880. The molecular weight excluding hydrogens is 298 g/mol. The lowest BCUT2D eigenvalue weighted by Crippen LogP contribution is -2.60. The van der Waals surface area contributed by atoms with Crippen molar-refractivity contribution in [3.63, 3.8) is 0 Å². The number of ketones is 1. The SMILES string of the molecule is C=CN1C(C(C)=O)=C(C)[C@@](C)(CC)[C@@]1(C)C(C)(C)/C(=C\CC)OC. The predicted molar refractivity (Wildman–Crippen MR) is 101 cm³/mol. The first-order chi connectivity index (χ1) is 11.0. The summed E-state index contributed by atoms with van der Waals surface area (Å²) < 4.78 is 5.79. The van der Waals surface area contributed by atoms with Gasteiger partial charge in [-0.3, -0.25) is 4.79 Å². The van der Waals surface area contributed by atoms with Crippen LogP contribution in [-0.4, -0.2) is 23.3 Å². The Kier molecular flexibility index (Phi) is 5.80. The molecule has 1 heterocycles. The van der Waals surface area contributed by atoms with Gasteiger partial charge in [-0.1, -0.05) is 41.2 Å². The third-order valence-corrected chi connectivity index (χ3v) is 6.65. The van der Waals surface area contributed by atoms with Crippen LogP contribution < -0.4 is 0 Å². The third kappa shape index (κ3) is 2.44. The number of carbonyl (C=O) groups is 1. The van der Waals surface area contributed by atoms with Gasteiger partial charge in [0.1, 0.15) is 0 Å². The highest BCUT2D eigenvalue weighted by Crippen LogP contribution is 2.62. The van der Waals surface area contributed by atoms with Crippen LogP contribution in [0.1, 0.15) is 68.2 Å². The molecule has 0 saturated heterocycles. The highest BCUT2D eigenvalue weighted by molar-refractivity contribution is 5.95. The van der Waals surface area contributed by atoms with E-state index < -0.39 is 0 Å². The molecule has 0 fully saturated rings. The smallest absolute Gasteiger partial charge is 0.176 e. The third-order valence-electron chi connectivity index (χ3n) is 6.65. The molecule has 3 heteroatoms. The zero-order valence-electron chi connectivity index (χ0n) is 17.0. The maximum atomic E-state index is 12.4. The van der Waals surface area contributed by atoms with E-state index in [-0.39, 0.29) is 22.2 Å². The fraction of sp³-hybridized carbons (Fsp3) is 0.667. The van der Waals surface area contributed by atoms with E-state index in [1.54, 1.807) is 14.0 Å². The Bertz CT molecular complexity index is 585. The van der Waals surface area contributed by atoms with Crippen LogP contribution in [0.4, 0.5) is 0 Å². The highest BCUT2D eigenvalue weighted by Gasteiger charge is 2.63. The first-order valence-electron chi connectivity index (χ1n) is 8.89. The van der Waals surface area contributed by atoms with Crippen LogP contribution in [0.5, 0.6) is 0 Å². The van der Waals surface area contributed by atoms with Gasteiger partial charge in [-0.05, 0) is 44.5 Å². The van der Waals surface area contributed by atoms with Crippen molar-refractivity contribution in [1.82, 2.24) is 4.90 Å². The highest BCUT2D eigenvalue weighted by atomic mass is 16.5. The number of Topliss-reactive ketones (excluding diaryl/α,β-unsaturated/α-hetero) is 1. The summed E-state index contributed by atoms with van der Waals surface area (Å²) >= 11 is 0. The van der Waals surface area contributed by atoms with Gasteiger partial charge in [0.05, 0.1) is 24.1 Å². The Balaban J connectivity index is 3.79. The van der Waals surface area contributed by atoms with Crippen molar-refractivity contribution >= 4 is 5.78 Å². The molecule has 3 nitrogen and oxygen atoms in total. The van der Waals surface area contributed by atoms with Crippen LogP contribution in [0, 0.1) is 10.8 Å². The number of nitrogens with zero attached hydrogens (tertiary/aromatic N) is 1. The molecule has 0 aromatic carbocycles. The lowest BCUT2D eigenvalue weighted by molar-refractivity contribution is -0.116. The fourth-order valence-corrected chi connectivity index (χ4v) is 4.62. The number of rotatable bonds is 7. The van der Waals surface area contributed by atoms with Crippen molar-refractivity contribution in [1.29, 1.82) is 0 Å². The van der Waals surface area contributed by atoms with E-state index in [1.807, 2.05) is 6.20 Å². The molecule has 0 unspecified atom stereocenters. The minimum Gasteiger partial charge on any atom is -0.501 e. The van der Waals surface area contributed by atoms with Crippen molar-refractivity contribution in [3.05, 3.63) is 35.9 Å². The van der Waals surface area contributed by atoms with Gasteiger partial charge in [-0.15, -0.1) is 0 Å². The van der Waals surface area contributed by atoms with Crippen LogP contribution in [-0.2, 0) is 9.53 Å². The molecule has 0 bridgehead atoms. The van der Waals surface area contributed by atoms with Gasteiger partial charge in [0.15, 0.2) is 5.78 Å². The Morgan fingerprint density at radius 1 is 1.33 bits per heavy atom. The molecule has 0 spiro atoms. The number of carbonyl (C=O) groups excluding carboxylic acids is 1. The van der Waals surface area contributed by atoms with E-state index in [4.69, 9.17) is 4.74 Å². The van der Waals surface area contributed by atoms with E-state index in [2.05, 4.69) is 66.0 Å². The summed E-state index contributed by atoms with van der Waals surface area (Å²) in [5.74, 6) is 1.04. The summed E-state index contributed by atoms with van der Waals surface area (Å²) in [7, 11) is 1.73. The average molecular weight is 334 g/mol. The fourth-order valence-electron chi connectivity index (χ4n) is 4.62. The number of ether oxygens (including phenoxy) is 1. The van der Waals surface area contributed by atoms with E-state index in [9.17, 15) is 4.79 Å². The topological polar surface area (TPSA) is 29.5 Å². The number of hydrogen-bond acceptors (Lipinski definition) is 3. The quantitative estimate of drug-likeness (QED) is 0.580. The minimum atomic E-state index is -0.362. The van der Waals surface area contributed by atoms with Gasteiger partial charge >= 0.3 is 0 Å². The molecule has 1 aliphatic rings. The Labute approximate surface area is 148 Å². The van der Waals surface area contributed by atoms with E-state index in [1.165, 1.54) is 0 Å². The van der Waals surface area contributed by atoms with Gasteiger partial charge in [0.25, 0.3) is 0 Å². The molecule has 0 amide bonds. The number of methoxy groups -OCH3 is 1. The second kappa shape index (κ2) is 6.78. The number of hydrogen-bond donors (Lipinski definition) is 0. The molecular formula is C21H35NO2. The molecule has 0 aliphatic carbocycles. The predicted octanol–water partition coefficient (Wildman–Crippen LogP) is 5.45. The summed E-state index contributed by atoms with van der Waals surface area (Å²) in [6.07, 6.45) is 5.79. The second-order valence-corrected chi connectivity index (χ2v) is 7.65. The van der Waals surface area contributed by atoms with Gasteiger partial charge in [0.2, 0.25) is 0 Å². The monoisotopic (exact) mass is 333 g/mol. The molecule has 0 radical (unpaired) electrons. The molecule has 24 heavy (non-hydrogen) atoms. The Morgan fingerprint density at radius 3 is 2.21 bits per heavy atom. The van der Waals surface area contributed by atoms with Crippen LogP contribution >= 0.6 is 0 Å².